The number of unbranched alkanes of at least 4 members (excludes halogenated alkanes) is 1. The molecule has 0 fully saturated rings. The lowest BCUT2D eigenvalue weighted by atomic mass is 9.99. The Morgan fingerprint density at radius 3 is 2.24 bits per heavy atom. The van der Waals surface area contributed by atoms with Gasteiger partial charge in [0, 0.05) is 6.54 Å². The van der Waals surface area contributed by atoms with Crippen molar-refractivity contribution in [3.63, 3.8) is 0 Å². The maximum absolute atomic E-state index is 12.7. The molecule has 5 nitrogen and oxygen atoms in total. The van der Waals surface area contributed by atoms with E-state index in [1.54, 1.807) is 24.3 Å². The van der Waals surface area contributed by atoms with Gasteiger partial charge in [0.25, 0.3) is 0 Å². The molecule has 25 heavy (non-hydrogen) atoms. The second-order valence-electron chi connectivity index (χ2n) is 6.48. The molecule has 1 amide bonds. The van der Waals surface area contributed by atoms with Crippen LogP contribution in [0.2, 0.25) is 0 Å². The molecule has 0 aromatic heterocycles. The van der Waals surface area contributed by atoms with Crippen molar-refractivity contribution in [1.29, 1.82) is 0 Å². The van der Waals surface area contributed by atoms with Gasteiger partial charge in [-0.15, -0.1) is 0 Å². The number of nitrogens with zero attached hydrogens (tertiary/aromatic N) is 1. The van der Waals surface area contributed by atoms with Gasteiger partial charge in [-0.25, -0.2) is 8.42 Å². The van der Waals surface area contributed by atoms with Gasteiger partial charge in [0.05, 0.1) is 11.9 Å². The van der Waals surface area contributed by atoms with Gasteiger partial charge in [0.1, 0.15) is 6.04 Å². The molecular weight excluding hydrogens is 336 g/mol. The van der Waals surface area contributed by atoms with Crippen LogP contribution in [0.15, 0.2) is 30.3 Å². The number of para-hydroxylation sites is 1. The number of carbonyl (C=O) groups is 1. The van der Waals surface area contributed by atoms with Crippen LogP contribution in [-0.4, -0.2) is 33.2 Å². The van der Waals surface area contributed by atoms with E-state index in [2.05, 4.69) is 19.2 Å². The molecular formula is C19H32N2O3S. The Balaban J connectivity index is 2.91. The third-order valence-electron chi connectivity index (χ3n) is 4.45. The molecule has 0 spiro atoms. The average molecular weight is 369 g/mol. The highest BCUT2D eigenvalue weighted by atomic mass is 32.2. The monoisotopic (exact) mass is 368 g/mol. The fraction of sp³-hybridized carbons (Fsp3) is 0.632. The minimum absolute atomic E-state index is 0.230. The van der Waals surface area contributed by atoms with Gasteiger partial charge in [-0.2, -0.15) is 0 Å². The van der Waals surface area contributed by atoms with Gasteiger partial charge in [-0.1, -0.05) is 58.2 Å². The molecule has 0 aliphatic carbocycles. The van der Waals surface area contributed by atoms with E-state index in [-0.39, 0.29) is 5.91 Å². The fourth-order valence-corrected chi connectivity index (χ4v) is 4.15. The van der Waals surface area contributed by atoms with Crippen LogP contribution in [0.25, 0.3) is 0 Å². The Kier molecular flexibility index (Phi) is 8.97. The second-order valence-corrected chi connectivity index (χ2v) is 8.34. The lowest BCUT2D eigenvalue weighted by Gasteiger charge is -2.30. The van der Waals surface area contributed by atoms with Crippen LogP contribution in [0.4, 0.5) is 5.69 Å². The lowest BCUT2D eigenvalue weighted by Crippen LogP contribution is -2.50. The average Bonchev–Trinajstić information content (AvgIpc) is 2.59. The Morgan fingerprint density at radius 2 is 1.76 bits per heavy atom. The first-order valence-electron chi connectivity index (χ1n) is 9.17. The van der Waals surface area contributed by atoms with Gasteiger partial charge in [-0.3, -0.25) is 9.10 Å². The highest BCUT2D eigenvalue weighted by molar-refractivity contribution is 7.92. The molecule has 142 valence electrons. The van der Waals surface area contributed by atoms with Crippen LogP contribution < -0.4 is 9.62 Å². The third-order valence-corrected chi connectivity index (χ3v) is 5.63. The molecule has 0 bridgehead atoms. The third kappa shape index (κ3) is 6.69. The summed E-state index contributed by atoms with van der Waals surface area (Å²) in [4.78, 5) is 12.7. The highest BCUT2D eigenvalue weighted by Gasteiger charge is 2.31. The number of anilines is 1. The summed E-state index contributed by atoms with van der Waals surface area (Å²) in [5, 5.41) is 2.97. The molecule has 2 unspecified atom stereocenters. The van der Waals surface area contributed by atoms with Crippen molar-refractivity contribution >= 4 is 21.6 Å². The molecule has 1 aromatic rings. The molecule has 0 saturated heterocycles. The van der Waals surface area contributed by atoms with Crippen molar-refractivity contribution in [2.24, 2.45) is 5.92 Å². The van der Waals surface area contributed by atoms with E-state index in [4.69, 9.17) is 0 Å². The normalized spacial score (nSPS) is 13.9. The van der Waals surface area contributed by atoms with Gasteiger partial charge >= 0.3 is 0 Å². The zero-order valence-electron chi connectivity index (χ0n) is 15.9. The number of carbonyl (C=O) groups excluding carboxylic acids is 1. The number of nitrogens with one attached hydrogen (secondary N) is 1. The van der Waals surface area contributed by atoms with Gasteiger partial charge in [0.15, 0.2) is 0 Å². The SMILES string of the molecule is CCCCC(CC)CNC(=O)C(CC)N(c1ccccc1)S(C)(=O)=O. The molecule has 0 aliphatic rings. The number of rotatable bonds is 11. The smallest absolute Gasteiger partial charge is 0.243 e. The molecule has 0 radical (unpaired) electrons. The van der Waals surface area contributed by atoms with E-state index < -0.39 is 16.1 Å². The Hall–Kier alpha value is -1.56. The summed E-state index contributed by atoms with van der Waals surface area (Å²) in [6, 6.07) is 8.07. The van der Waals surface area contributed by atoms with E-state index in [1.165, 1.54) is 4.31 Å². The topological polar surface area (TPSA) is 66.5 Å². The van der Waals surface area contributed by atoms with E-state index in [1.807, 2.05) is 13.0 Å². The van der Waals surface area contributed by atoms with Crippen molar-refractivity contribution in [2.45, 2.75) is 58.9 Å². The number of hydrogen-bond donors (Lipinski definition) is 1. The van der Waals surface area contributed by atoms with Crippen molar-refractivity contribution in [1.82, 2.24) is 5.32 Å². The summed E-state index contributed by atoms with van der Waals surface area (Å²) in [5.74, 6) is 0.205. The second kappa shape index (κ2) is 10.4. The van der Waals surface area contributed by atoms with E-state index in [0.717, 1.165) is 31.9 Å². The van der Waals surface area contributed by atoms with Crippen LogP contribution in [0.3, 0.4) is 0 Å². The molecule has 1 N–H and O–H groups in total. The zero-order valence-corrected chi connectivity index (χ0v) is 16.7. The Labute approximate surface area is 152 Å². The van der Waals surface area contributed by atoms with E-state index in [9.17, 15) is 13.2 Å². The largest absolute Gasteiger partial charge is 0.354 e. The molecule has 0 aliphatic heterocycles. The fourth-order valence-electron chi connectivity index (χ4n) is 2.94. The Bertz CT molecular complexity index is 617. The minimum atomic E-state index is -3.56. The van der Waals surface area contributed by atoms with E-state index in [0.29, 0.717) is 24.6 Å². The van der Waals surface area contributed by atoms with Crippen LogP contribution >= 0.6 is 0 Å². The predicted octanol–water partition coefficient (Wildman–Crippen LogP) is 3.56. The first-order valence-corrected chi connectivity index (χ1v) is 11.0. The molecule has 6 heteroatoms. The molecule has 0 saturated carbocycles. The maximum atomic E-state index is 12.7. The van der Waals surface area contributed by atoms with Crippen LogP contribution in [0.1, 0.15) is 52.9 Å². The van der Waals surface area contributed by atoms with Crippen molar-refractivity contribution in [2.75, 3.05) is 17.1 Å². The standard InChI is InChI=1S/C19H32N2O3S/c1-5-8-12-16(6-2)15-20-19(22)18(7-3)21(25(4,23)24)17-13-10-9-11-14-17/h9-11,13-14,16,18H,5-8,12,15H2,1-4H3,(H,20,22). The summed E-state index contributed by atoms with van der Waals surface area (Å²) in [6.07, 6.45) is 5.93. The van der Waals surface area contributed by atoms with E-state index >= 15 is 0 Å². The molecule has 1 rings (SSSR count). The first kappa shape index (κ1) is 21.5. The predicted molar refractivity (Wildman–Crippen MR) is 104 cm³/mol. The quantitative estimate of drug-likeness (QED) is 0.649. The lowest BCUT2D eigenvalue weighted by molar-refractivity contribution is -0.122. The molecule has 2 atom stereocenters. The van der Waals surface area contributed by atoms with Crippen LogP contribution in [0, 0.1) is 5.92 Å². The summed E-state index contributed by atoms with van der Waals surface area (Å²) in [6.45, 7) is 6.71. The van der Waals surface area contributed by atoms with Gasteiger partial charge < -0.3 is 5.32 Å². The summed E-state index contributed by atoms with van der Waals surface area (Å²) >= 11 is 0. The van der Waals surface area contributed by atoms with Crippen LogP contribution in [0.5, 0.6) is 0 Å². The summed E-state index contributed by atoms with van der Waals surface area (Å²) in [7, 11) is -3.56. The summed E-state index contributed by atoms with van der Waals surface area (Å²) in [5.41, 5.74) is 0.519. The summed E-state index contributed by atoms with van der Waals surface area (Å²) < 4.78 is 25.9. The number of amides is 1. The number of sulfonamides is 1. The molecule has 0 heterocycles. The Morgan fingerprint density at radius 1 is 1.12 bits per heavy atom. The van der Waals surface area contributed by atoms with Crippen molar-refractivity contribution in [3.05, 3.63) is 30.3 Å². The van der Waals surface area contributed by atoms with Crippen LogP contribution in [-0.2, 0) is 14.8 Å². The first-order chi connectivity index (χ1) is 11.8. The molecule has 1 aromatic carbocycles. The highest BCUT2D eigenvalue weighted by Crippen LogP contribution is 2.22. The van der Waals surface area contributed by atoms with Crippen molar-refractivity contribution in [3.8, 4) is 0 Å². The van der Waals surface area contributed by atoms with Gasteiger partial charge in [-0.05, 0) is 30.9 Å². The number of hydrogen-bond acceptors (Lipinski definition) is 3. The minimum Gasteiger partial charge on any atom is -0.354 e. The van der Waals surface area contributed by atoms with Crippen molar-refractivity contribution < 1.29 is 13.2 Å². The zero-order chi connectivity index (χ0) is 18.9. The van der Waals surface area contributed by atoms with Gasteiger partial charge in [0.2, 0.25) is 15.9 Å². The number of benzene rings is 1. The maximum Gasteiger partial charge on any atom is 0.243 e.